The smallest absolute Gasteiger partial charge is 0.357 e. The molecular formula is C14H18N2O6Si. The van der Waals surface area contributed by atoms with Crippen molar-refractivity contribution in [1.29, 1.82) is 0 Å². The quantitative estimate of drug-likeness (QED) is 0.248. The molecule has 0 N–H and O–H groups in total. The molecule has 23 heavy (non-hydrogen) atoms. The average Bonchev–Trinajstić information content (AvgIpc) is 2.44. The summed E-state index contributed by atoms with van der Waals surface area (Å²) in [6.07, 6.45) is 1.59. The summed E-state index contributed by atoms with van der Waals surface area (Å²) in [6, 6.07) is 3.53. The number of nitrogens with zero attached hydrogens (tertiary/aromatic N) is 2. The van der Waals surface area contributed by atoms with Crippen LogP contribution in [0.25, 0.3) is 0 Å². The number of para-hydroxylation sites is 1. The van der Waals surface area contributed by atoms with Crippen LogP contribution in [0, 0.1) is 20.2 Å². The van der Waals surface area contributed by atoms with Gasteiger partial charge in [0.25, 0.3) is 0 Å². The van der Waals surface area contributed by atoms with Gasteiger partial charge in [0.1, 0.15) is 5.56 Å². The van der Waals surface area contributed by atoms with E-state index in [1.807, 2.05) is 19.6 Å². The first kappa shape index (κ1) is 18.7. The molecule has 124 valence electrons. The molecule has 0 heterocycles. The van der Waals surface area contributed by atoms with Crippen LogP contribution in [0.1, 0.15) is 10.4 Å². The zero-order valence-corrected chi connectivity index (χ0v) is 14.4. The zero-order valence-electron chi connectivity index (χ0n) is 13.4. The fourth-order valence-electron chi connectivity index (χ4n) is 2.10. The summed E-state index contributed by atoms with van der Waals surface area (Å²) >= 11 is 0. The average molecular weight is 338 g/mol. The molecule has 0 fully saturated rings. The summed E-state index contributed by atoms with van der Waals surface area (Å²) in [5.74, 6) is -0.559. The van der Waals surface area contributed by atoms with Gasteiger partial charge in [0, 0.05) is 13.2 Å². The van der Waals surface area contributed by atoms with Crippen molar-refractivity contribution in [1.82, 2.24) is 0 Å². The van der Waals surface area contributed by atoms with E-state index in [9.17, 15) is 25.0 Å². The molecule has 0 radical (unpaired) electrons. The number of hydrogen-bond donors (Lipinski definition) is 0. The molecule has 1 aromatic rings. The van der Waals surface area contributed by atoms with Gasteiger partial charge in [-0.1, -0.05) is 31.8 Å². The van der Waals surface area contributed by atoms with Crippen molar-refractivity contribution < 1.29 is 19.4 Å². The molecule has 0 spiro atoms. The van der Waals surface area contributed by atoms with Gasteiger partial charge in [-0.15, -0.1) is 0 Å². The van der Waals surface area contributed by atoms with Gasteiger partial charge in [-0.3, -0.25) is 25.0 Å². The van der Waals surface area contributed by atoms with Crippen LogP contribution in [-0.2, 0) is 4.74 Å². The van der Waals surface area contributed by atoms with E-state index in [0.29, 0.717) is 5.20 Å². The highest BCUT2D eigenvalue weighted by Crippen LogP contribution is 2.33. The molecule has 0 aliphatic rings. The Kier molecular flexibility index (Phi) is 5.88. The fraction of sp³-hybridized carbons (Fsp3) is 0.357. The second-order valence-corrected chi connectivity index (χ2v) is 10.9. The van der Waals surface area contributed by atoms with Crippen molar-refractivity contribution in [3.8, 4) is 0 Å². The first-order chi connectivity index (χ1) is 10.6. The van der Waals surface area contributed by atoms with Crippen molar-refractivity contribution >= 4 is 25.2 Å². The fourth-order valence-corrected chi connectivity index (χ4v) is 3.62. The maximum Gasteiger partial charge on any atom is 0.357 e. The van der Waals surface area contributed by atoms with Gasteiger partial charge in [-0.05, 0) is 11.3 Å². The highest BCUT2D eigenvalue weighted by atomic mass is 28.3. The minimum absolute atomic E-state index is 0.189. The maximum atomic E-state index is 12.8. The van der Waals surface area contributed by atoms with Crippen LogP contribution in [0.4, 0.5) is 11.4 Å². The standard InChI is InChI=1S/C14H18N2O6Si/c1-22-9-8-12(23(2,3)4)14(17)10-6-5-7-11(15(18)19)13(10)16(20)21/h5-8H,9H2,1-4H3/b12-8-. The summed E-state index contributed by atoms with van der Waals surface area (Å²) in [6.45, 7) is 5.93. The van der Waals surface area contributed by atoms with Crippen molar-refractivity contribution in [2.24, 2.45) is 0 Å². The topological polar surface area (TPSA) is 113 Å². The third-order valence-electron chi connectivity index (χ3n) is 3.15. The van der Waals surface area contributed by atoms with E-state index in [1.54, 1.807) is 6.08 Å². The Morgan fingerprint density at radius 2 is 1.83 bits per heavy atom. The minimum atomic E-state index is -2.13. The molecule has 0 aliphatic heterocycles. The number of rotatable bonds is 7. The van der Waals surface area contributed by atoms with Crippen LogP contribution in [0.15, 0.2) is 29.5 Å². The molecule has 1 aromatic carbocycles. The summed E-state index contributed by atoms with van der Waals surface area (Å²) < 4.78 is 4.94. The summed E-state index contributed by atoms with van der Waals surface area (Å²) in [5, 5.41) is 22.7. The van der Waals surface area contributed by atoms with Crippen LogP contribution in [-0.4, -0.2) is 37.4 Å². The Balaban J connectivity index is 3.56. The van der Waals surface area contributed by atoms with E-state index >= 15 is 0 Å². The molecule has 0 saturated heterocycles. The van der Waals surface area contributed by atoms with Crippen molar-refractivity contribution in [2.45, 2.75) is 19.6 Å². The van der Waals surface area contributed by atoms with Gasteiger partial charge in [0.15, 0.2) is 5.78 Å². The predicted octanol–water partition coefficient (Wildman–Crippen LogP) is 3.14. The van der Waals surface area contributed by atoms with Gasteiger partial charge < -0.3 is 4.74 Å². The Morgan fingerprint density at radius 1 is 1.22 bits per heavy atom. The van der Waals surface area contributed by atoms with Crippen LogP contribution < -0.4 is 0 Å². The Labute approximate surface area is 134 Å². The number of allylic oxidation sites excluding steroid dienone is 1. The van der Waals surface area contributed by atoms with E-state index in [1.165, 1.54) is 19.2 Å². The monoisotopic (exact) mass is 338 g/mol. The van der Waals surface area contributed by atoms with E-state index < -0.39 is 35.1 Å². The molecule has 0 saturated carbocycles. The SMILES string of the molecule is COC/C=C(/C(=O)c1cccc([N+](=O)[O-])c1[N+](=O)[O-])[Si](C)(C)C. The molecule has 0 bridgehead atoms. The van der Waals surface area contributed by atoms with Crippen LogP contribution in [0.3, 0.4) is 0 Å². The van der Waals surface area contributed by atoms with Crippen LogP contribution in [0.5, 0.6) is 0 Å². The number of methoxy groups -OCH3 is 1. The van der Waals surface area contributed by atoms with Gasteiger partial charge >= 0.3 is 11.4 Å². The molecule has 1 rings (SSSR count). The molecule has 0 aliphatic carbocycles. The lowest BCUT2D eigenvalue weighted by Gasteiger charge is -2.20. The van der Waals surface area contributed by atoms with Crippen LogP contribution >= 0.6 is 0 Å². The van der Waals surface area contributed by atoms with Crippen molar-refractivity contribution in [2.75, 3.05) is 13.7 Å². The number of Topliss-reactive ketones (excluding diaryl/α,β-unsaturated/α-hetero) is 1. The number of nitro benzene ring substituents is 2. The molecule has 9 heteroatoms. The molecule has 8 nitrogen and oxygen atoms in total. The van der Waals surface area contributed by atoms with Gasteiger partial charge in [0.05, 0.1) is 24.5 Å². The number of benzene rings is 1. The van der Waals surface area contributed by atoms with E-state index in [4.69, 9.17) is 4.74 Å². The number of hydrogen-bond acceptors (Lipinski definition) is 6. The summed E-state index contributed by atoms with van der Waals surface area (Å²) in [4.78, 5) is 33.3. The Hall–Kier alpha value is -2.39. The van der Waals surface area contributed by atoms with E-state index in [-0.39, 0.29) is 12.2 Å². The Bertz CT molecular complexity index is 678. The second kappa shape index (κ2) is 7.25. The van der Waals surface area contributed by atoms with E-state index in [0.717, 1.165) is 6.07 Å². The number of carbonyl (C=O) groups is 1. The number of ketones is 1. The molecule has 0 unspecified atom stereocenters. The lowest BCUT2D eigenvalue weighted by Crippen LogP contribution is -2.30. The first-order valence-corrected chi connectivity index (χ1v) is 10.3. The highest BCUT2D eigenvalue weighted by Gasteiger charge is 2.35. The Morgan fingerprint density at radius 3 is 2.26 bits per heavy atom. The predicted molar refractivity (Wildman–Crippen MR) is 87.4 cm³/mol. The highest BCUT2D eigenvalue weighted by molar-refractivity contribution is 6.87. The third-order valence-corrected chi connectivity index (χ3v) is 5.19. The van der Waals surface area contributed by atoms with Crippen molar-refractivity contribution in [3.63, 3.8) is 0 Å². The molecule has 0 aromatic heterocycles. The molecular weight excluding hydrogens is 320 g/mol. The van der Waals surface area contributed by atoms with Gasteiger partial charge in [-0.25, -0.2) is 0 Å². The number of ether oxygens (including phenoxy) is 1. The van der Waals surface area contributed by atoms with Gasteiger partial charge in [0.2, 0.25) is 0 Å². The first-order valence-electron chi connectivity index (χ1n) is 6.77. The summed E-state index contributed by atoms with van der Waals surface area (Å²) in [5.41, 5.74) is -1.74. The lowest BCUT2D eigenvalue weighted by molar-refractivity contribution is -0.422. The largest absolute Gasteiger partial charge is 0.381 e. The number of carbonyl (C=O) groups excluding carboxylic acids is 1. The maximum absolute atomic E-state index is 12.8. The zero-order chi connectivity index (χ0) is 17.8. The lowest BCUT2D eigenvalue weighted by atomic mass is 10.1. The second-order valence-electron chi connectivity index (χ2n) is 5.84. The normalized spacial score (nSPS) is 12.1. The van der Waals surface area contributed by atoms with E-state index in [2.05, 4.69) is 0 Å². The number of nitro groups is 2. The van der Waals surface area contributed by atoms with Crippen molar-refractivity contribution in [3.05, 3.63) is 55.3 Å². The summed E-state index contributed by atoms with van der Waals surface area (Å²) in [7, 11) is -0.662. The van der Waals surface area contributed by atoms with Crippen LogP contribution in [0.2, 0.25) is 19.6 Å². The molecule has 0 amide bonds. The third kappa shape index (κ3) is 4.30. The van der Waals surface area contributed by atoms with Gasteiger partial charge in [-0.2, -0.15) is 0 Å². The minimum Gasteiger partial charge on any atom is -0.381 e. The molecule has 0 atom stereocenters.